The van der Waals surface area contributed by atoms with Gasteiger partial charge in [0, 0.05) is 18.6 Å². The van der Waals surface area contributed by atoms with E-state index in [9.17, 15) is 0 Å². The first-order valence-electron chi connectivity index (χ1n) is 13.4. The second-order valence-electron chi connectivity index (χ2n) is 9.77. The van der Waals surface area contributed by atoms with E-state index < -0.39 is 0 Å². The molecule has 0 spiro atoms. The van der Waals surface area contributed by atoms with Crippen molar-refractivity contribution in [2.24, 2.45) is 10.7 Å². The minimum atomic E-state index is 0.660. The number of unbranched alkanes of at least 4 members (excludes halogenated alkanes) is 10. The first kappa shape index (κ1) is 24.5. The molecule has 0 aromatic rings. The van der Waals surface area contributed by atoms with Crippen LogP contribution in [0.3, 0.4) is 0 Å². The van der Waals surface area contributed by atoms with Crippen molar-refractivity contribution in [1.29, 1.82) is 0 Å². The van der Waals surface area contributed by atoms with Crippen molar-refractivity contribution >= 4 is 5.96 Å². The molecule has 2 aliphatic carbocycles. The minimum absolute atomic E-state index is 0.660. The Kier molecular flexibility index (Phi) is 13.6. The summed E-state index contributed by atoms with van der Waals surface area (Å²) in [5.41, 5.74) is 6.59. The van der Waals surface area contributed by atoms with Gasteiger partial charge in [0.05, 0.1) is 0 Å². The van der Waals surface area contributed by atoms with Crippen molar-refractivity contribution in [3.63, 3.8) is 0 Å². The van der Waals surface area contributed by atoms with E-state index in [1.807, 2.05) is 0 Å². The summed E-state index contributed by atoms with van der Waals surface area (Å²) in [6, 6.07) is 1.32. The zero-order valence-corrected chi connectivity index (χ0v) is 19.7. The summed E-state index contributed by atoms with van der Waals surface area (Å²) in [5, 5.41) is 0. The molecule has 2 N–H and O–H groups in total. The van der Waals surface area contributed by atoms with Gasteiger partial charge in [-0.15, -0.1) is 0 Å². The molecule has 0 unspecified atom stereocenters. The van der Waals surface area contributed by atoms with Crippen molar-refractivity contribution < 1.29 is 0 Å². The third kappa shape index (κ3) is 10.2. The maximum Gasteiger partial charge on any atom is 0.191 e. The van der Waals surface area contributed by atoms with Crippen molar-refractivity contribution in [2.75, 3.05) is 6.54 Å². The maximum atomic E-state index is 6.59. The highest BCUT2D eigenvalue weighted by Gasteiger charge is 2.30. The van der Waals surface area contributed by atoms with Crippen LogP contribution >= 0.6 is 0 Å². The highest BCUT2D eigenvalue weighted by molar-refractivity contribution is 5.78. The molecule has 0 aromatic carbocycles. The number of guanidine groups is 1. The van der Waals surface area contributed by atoms with E-state index in [0.717, 1.165) is 12.5 Å². The third-order valence-electron chi connectivity index (χ3n) is 7.24. The van der Waals surface area contributed by atoms with Crippen LogP contribution < -0.4 is 5.73 Å². The maximum absolute atomic E-state index is 6.59. The molecule has 0 aliphatic heterocycles. The minimum Gasteiger partial charge on any atom is -0.370 e. The van der Waals surface area contributed by atoms with Crippen molar-refractivity contribution in [1.82, 2.24) is 4.90 Å². The molecular weight excluding hydrogens is 354 g/mol. The highest BCUT2D eigenvalue weighted by Crippen LogP contribution is 2.30. The second-order valence-corrected chi connectivity index (χ2v) is 9.77. The molecule has 2 aliphatic rings. The standard InChI is InChI=1S/C26H51N3/c1-2-3-4-5-6-7-8-9-10-11-18-23-28-26(27)29(24-19-14-12-15-20-24)25-21-16-13-17-22-25/h24-25H,2-23H2,1H3,(H2,27,28). The highest BCUT2D eigenvalue weighted by atomic mass is 15.3. The molecule has 0 aromatic heterocycles. The smallest absolute Gasteiger partial charge is 0.191 e. The summed E-state index contributed by atoms with van der Waals surface area (Å²) in [6.45, 7) is 3.22. The fourth-order valence-electron chi connectivity index (χ4n) is 5.44. The predicted molar refractivity (Wildman–Crippen MR) is 129 cm³/mol. The molecule has 3 nitrogen and oxygen atoms in total. The number of aliphatic imine (C=N–C) groups is 1. The summed E-state index contributed by atoms with van der Waals surface area (Å²) >= 11 is 0. The Morgan fingerprint density at radius 1 is 0.655 bits per heavy atom. The lowest BCUT2D eigenvalue weighted by molar-refractivity contribution is 0.155. The van der Waals surface area contributed by atoms with Gasteiger partial charge in [0.2, 0.25) is 0 Å². The van der Waals surface area contributed by atoms with Gasteiger partial charge in [-0.05, 0) is 32.1 Å². The number of rotatable bonds is 14. The molecule has 0 atom stereocenters. The van der Waals surface area contributed by atoms with Gasteiger partial charge in [-0.1, -0.05) is 110 Å². The summed E-state index contributed by atoms with van der Waals surface area (Å²) in [6.07, 6.45) is 28.9. The van der Waals surface area contributed by atoms with Gasteiger partial charge in [-0.25, -0.2) is 0 Å². The molecule has 0 radical (unpaired) electrons. The lowest BCUT2D eigenvalue weighted by atomic mass is 9.89. The van der Waals surface area contributed by atoms with Crippen molar-refractivity contribution in [2.45, 2.75) is 154 Å². The van der Waals surface area contributed by atoms with E-state index in [1.54, 1.807) is 0 Å². The largest absolute Gasteiger partial charge is 0.370 e. The average molecular weight is 406 g/mol. The van der Waals surface area contributed by atoms with Crippen LogP contribution in [-0.2, 0) is 0 Å². The number of hydrogen-bond acceptors (Lipinski definition) is 1. The van der Waals surface area contributed by atoms with Gasteiger partial charge in [0.15, 0.2) is 5.96 Å². The van der Waals surface area contributed by atoms with Gasteiger partial charge < -0.3 is 10.6 Å². The number of nitrogens with two attached hydrogens (primary N) is 1. The summed E-state index contributed by atoms with van der Waals surface area (Å²) in [7, 11) is 0. The van der Waals surface area contributed by atoms with Crippen LogP contribution in [0.2, 0.25) is 0 Å². The summed E-state index contributed by atoms with van der Waals surface area (Å²) in [4.78, 5) is 7.45. The molecule has 3 heteroatoms. The lowest BCUT2D eigenvalue weighted by Gasteiger charge is -2.42. The van der Waals surface area contributed by atoms with Gasteiger partial charge >= 0.3 is 0 Å². The Bertz CT molecular complexity index is 390. The van der Waals surface area contributed by atoms with Crippen LogP contribution in [0, 0.1) is 0 Å². The summed E-state index contributed by atoms with van der Waals surface area (Å²) in [5.74, 6) is 0.871. The van der Waals surface area contributed by atoms with Crippen LogP contribution in [0.5, 0.6) is 0 Å². The number of hydrogen-bond donors (Lipinski definition) is 1. The van der Waals surface area contributed by atoms with E-state index in [1.165, 1.54) is 135 Å². The number of nitrogens with zero attached hydrogens (tertiary/aromatic N) is 2. The topological polar surface area (TPSA) is 41.6 Å². The molecule has 2 rings (SSSR count). The molecule has 0 saturated heterocycles. The average Bonchev–Trinajstić information content (AvgIpc) is 2.76. The van der Waals surface area contributed by atoms with Gasteiger partial charge in [0.1, 0.15) is 0 Å². The fourth-order valence-corrected chi connectivity index (χ4v) is 5.44. The van der Waals surface area contributed by atoms with E-state index in [2.05, 4.69) is 11.8 Å². The van der Waals surface area contributed by atoms with Gasteiger partial charge in [-0.3, -0.25) is 4.99 Å². The van der Waals surface area contributed by atoms with E-state index in [4.69, 9.17) is 10.7 Å². The Hall–Kier alpha value is -0.730. The van der Waals surface area contributed by atoms with Crippen molar-refractivity contribution in [3.05, 3.63) is 0 Å². The predicted octanol–water partition coefficient (Wildman–Crippen LogP) is 7.58. The normalized spacial score (nSPS) is 19.6. The molecule has 0 bridgehead atoms. The lowest BCUT2D eigenvalue weighted by Crippen LogP contribution is -2.52. The van der Waals surface area contributed by atoms with Crippen LogP contribution in [0.25, 0.3) is 0 Å². The third-order valence-corrected chi connectivity index (χ3v) is 7.24. The SMILES string of the molecule is CCCCCCCCCCCCCN=C(N)N(C1CCCCC1)C1CCCCC1. The van der Waals surface area contributed by atoms with E-state index >= 15 is 0 Å². The van der Waals surface area contributed by atoms with Crippen LogP contribution in [0.1, 0.15) is 142 Å². The van der Waals surface area contributed by atoms with E-state index in [0.29, 0.717) is 12.1 Å². The van der Waals surface area contributed by atoms with Gasteiger partial charge in [0.25, 0.3) is 0 Å². The molecule has 0 heterocycles. The van der Waals surface area contributed by atoms with Crippen molar-refractivity contribution in [3.8, 4) is 0 Å². The summed E-state index contributed by atoms with van der Waals surface area (Å²) < 4.78 is 0. The Labute approximate surface area is 182 Å². The van der Waals surface area contributed by atoms with Crippen LogP contribution in [0.4, 0.5) is 0 Å². The Balaban J connectivity index is 1.61. The molecule has 2 fully saturated rings. The zero-order chi connectivity index (χ0) is 20.6. The fraction of sp³-hybridized carbons (Fsp3) is 0.962. The first-order valence-corrected chi connectivity index (χ1v) is 13.4. The quantitative estimate of drug-likeness (QED) is 0.184. The molecular formula is C26H51N3. The molecule has 0 amide bonds. The first-order chi connectivity index (χ1) is 14.3. The van der Waals surface area contributed by atoms with Gasteiger partial charge in [-0.2, -0.15) is 0 Å². The monoisotopic (exact) mass is 405 g/mol. The second kappa shape index (κ2) is 16.0. The van der Waals surface area contributed by atoms with Crippen LogP contribution in [-0.4, -0.2) is 29.5 Å². The molecule has 170 valence electrons. The van der Waals surface area contributed by atoms with Crippen LogP contribution in [0.15, 0.2) is 4.99 Å². The zero-order valence-electron chi connectivity index (χ0n) is 19.7. The Morgan fingerprint density at radius 3 is 1.52 bits per heavy atom. The molecule has 2 saturated carbocycles. The Morgan fingerprint density at radius 2 is 1.07 bits per heavy atom. The molecule has 29 heavy (non-hydrogen) atoms. The van der Waals surface area contributed by atoms with E-state index in [-0.39, 0.29) is 0 Å².